The minimum absolute atomic E-state index is 0.243. The first kappa shape index (κ1) is 29.0. The summed E-state index contributed by atoms with van der Waals surface area (Å²) < 4.78 is 4.82. The Hall–Kier alpha value is -4.51. The molecule has 0 aromatic heterocycles. The Labute approximate surface area is 245 Å². The van der Waals surface area contributed by atoms with E-state index >= 15 is 0 Å². The largest absolute Gasteiger partial charge is 0.465 e. The highest BCUT2D eigenvalue weighted by Gasteiger charge is 2.29. The van der Waals surface area contributed by atoms with Crippen LogP contribution in [0.2, 0.25) is 0 Å². The summed E-state index contributed by atoms with van der Waals surface area (Å²) in [5.41, 5.74) is 4.58. The van der Waals surface area contributed by atoms with E-state index in [2.05, 4.69) is 27.5 Å². The number of anilines is 2. The third kappa shape index (κ3) is 6.52. The van der Waals surface area contributed by atoms with Crippen LogP contribution in [-0.2, 0) is 14.4 Å². The van der Waals surface area contributed by atoms with Crippen LogP contribution in [0.1, 0.15) is 31.8 Å². The molecule has 3 aromatic rings. The Morgan fingerprint density at radius 3 is 2.31 bits per heavy atom. The first-order valence-electron chi connectivity index (χ1n) is 13.9. The summed E-state index contributed by atoms with van der Waals surface area (Å²) in [6.45, 7) is 5.26. The highest BCUT2D eigenvalue weighted by atomic mass is 16.7. The molecule has 1 saturated heterocycles. The molecule has 10 heteroatoms. The number of hydrogen-bond acceptors (Lipinski definition) is 8. The fourth-order valence-corrected chi connectivity index (χ4v) is 5.01. The minimum Gasteiger partial charge on any atom is -0.465 e. The number of nitrogens with one attached hydrogen (secondary N) is 2. The fraction of sp³-hybridized carbons (Fsp3) is 0.281. The van der Waals surface area contributed by atoms with Gasteiger partial charge in [-0.2, -0.15) is 0 Å². The number of nitrogens with zero attached hydrogens (tertiary/aromatic N) is 3. The number of amides is 2. The molecule has 10 nitrogen and oxygen atoms in total. The Morgan fingerprint density at radius 2 is 1.62 bits per heavy atom. The number of piperazine rings is 1. The number of benzene rings is 3. The molecule has 0 aliphatic carbocycles. The number of methoxy groups -OCH3 is 1. The van der Waals surface area contributed by atoms with Gasteiger partial charge in [0.15, 0.2) is 0 Å². The molecule has 0 radical (unpaired) electrons. The van der Waals surface area contributed by atoms with Crippen molar-refractivity contribution in [1.82, 2.24) is 14.9 Å². The van der Waals surface area contributed by atoms with E-state index in [0.29, 0.717) is 45.9 Å². The van der Waals surface area contributed by atoms with Gasteiger partial charge in [-0.3, -0.25) is 19.3 Å². The SMILES string of the molecule is COC(=O)c1ccc2c(c1)NC(=O)/C2=C(\Nc1ccc(C(=O)N(C)OCCN2CCN(C)CC2)cc1)c1ccccc1. The molecule has 2 aliphatic heterocycles. The lowest BCUT2D eigenvalue weighted by atomic mass is 9.99. The number of rotatable bonds is 9. The first-order chi connectivity index (χ1) is 20.3. The second kappa shape index (κ2) is 13.0. The highest BCUT2D eigenvalue weighted by molar-refractivity contribution is 6.37. The van der Waals surface area contributed by atoms with Crippen LogP contribution in [-0.4, -0.2) is 93.2 Å². The molecule has 218 valence electrons. The standard InChI is InChI=1S/C32H35N5O5/c1-35-15-17-37(18-16-35)19-20-42-36(2)31(39)23-9-12-25(13-10-23)33-29(22-7-5-4-6-8-22)28-26-14-11-24(32(40)41-3)21-27(26)34-30(28)38/h4-14,21,33H,15-20H2,1-3H3,(H,34,38)/b29-28-. The minimum atomic E-state index is -0.480. The number of carbonyl (C=O) groups excluding carboxylic acids is 3. The fourth-order valence-electron chi connectivity index (χ4n) is 5.01. The maximum atomic E-state index is 13.2. The Kier molecular flexibility index (Phi) is 8.97. The van der Waals surface area contributed by atoms with Crippen LogP contribution in [0, 0.1) is 0 Å². The van der Waals surface area contributed by atoms with Gasteiger partial charge in [0.25, 0.3) is 11.8 Å². The van der Waals surface area contributed by atoms with Crippen molar-refractivity contribution in [3.63, 3.8) is 0 Å². The average Bonchev–Trinajstić information content (AvgIpc) is 3.35. The van der Waals surface area contributed by atoms with Gasteiger partial charge in [-0.15, -0.1) is 0 Å². The third-order valence-electron chi connectivity index (χ3n) is 7.47. The molecule has 2 N–H and O–H groups in total. The molecule has 3 aromatic carbocycles. The highest BCUT2D eigenvalue weighted by Crippen LogP contribution is 2.38. The normalized spacial score (nSPS) is 16.4. The van der Waals surface area contributed by atoms with Crippen molar-refractivity contribution in [2.45, 2.75) is 0 Å². The molecule has 5 rings (SSSR count). The van der Waals surface area contributed by atoms with Crippen LogP contribution in [0.15, 0.2) is 72.8 Å². The Bertz CT molecular complexity index is 1480. The smallest absolute Gasteiger partial charge is 0.337 e. The Morgan fingerprint density at radius 1 is 0.929 bits per heavy atom. The number of ether oxygens (including phenoxy) is 1. The van der Waals surface area contributed by atoms with Crippen molar-refractivity contribution in [1.29, 1.82) is 0 Å². The zero-order valence-electron chi connectivity index (χ0n) is 24.1. The van der Waals surface area contributed by atoms with E-state index in [1.54, 1.807) is 49.5 Å². The van der Waals surface area contributed by atoms with Crippen molar-refractivity contribution in [2.75, 3.05) is 71.2 Å². The van der Waals surface area contributed by atoms with Gasteiger partial charge in [-0.1, -0.05) is 36.4 Å². The van der Waals surface area contributed by atoms with Crippen LogP contribution in [0.3, 0.4) is 0 Å². The van der Waals surface area contributed by atoms with Gasteiger partial charge in [0, 0.05) is 56.6 Å². The molecular weight excluding hydrogens is 534 g/mol. The predicted octanol–water partition coefficient (Wildman–Crippen LogP) is 3.66. The predicted molar refractivity (Wildman–Crippen MR) is 162 cm³/mol. The van der Waals surface area contributed by atoms with Crippen molar-refractivity contribution >= 4 is 40.4 Å². The van der Waals surface area contributed by atoms with Gasteiger partial charge in [-0.25, -0.2) is 9.86 Å². The summed E-state index contributed by atoms with van der Waals surface area (Å²) in [5, 5.41) is 7.53. The van der Waals surface area contributed by atoms with Gasteiger partial charge in [0.05, 0.1) is 36.2 Å². The number of carbonyl (C=O) groups is 3. The van der Waals surface area contributed by atoms with Crippen LogP contribution < -0.4 is 10.6 Å². The van der Waals surface area contributed by atoms with Gasteiger partial charge in [0.1, 0.15) is 0 Å². The van der Waals surface area contributed by atoms with E-state index in [0.717, 1.165) is 38.3 Å². The van der Waals surface area contributed by atoms with Crippen molar-refractivity contribution in [3.8, 4) is 0 Å². The monoisotopic (exact) mass is 569 g/mol. The van der Waals surface area contributed by atoms with Crippen LogP contribution in [0.25, 0.3) is 11.3 Å². The zero-order valence-corrected chi connectivity index (χ0v) is 24.1. The van der Waals surface area contributed by atoms with Crippen molar-refractivity contribution < 1.29 is 24.0 Å². The van der Waals surface area contributed by atoms with E-state index in [1.807, 2.05) is 30.3 Å². The molecule has 0 spiro atoms. The number of hydroxylamine groups is 2. The van der Waals surface area contributed by atoms with Crippen LogP contribution in [0.5, 0.6) is 0 Å². The van der Waals surface area contributed by atoms with Crippen LogP contribution in [0.4, 0.5) is 11.4 Å². The number of likely N-dealkylation sites (N-methyl/N-ethyl adjacent to an activating group) is 1. The van der Waals surface area contributed by atoms with E-state index in [-0.39, 0.29) is 11.8 Å². The quantitative estimate of drug-likeness (QED) is 0.229. The molecule has 1 fully saturated rings. The van der Waals surface area contributed by atoms with E-state index < -0.39 is 5.97 Å². The Balaban J connectivity index is 1.32. The van der Waals surface area contributed by atoms with Crippen molar-refractivity contribution in [2.24, 2.45) is 0 Å². The molecule has 0 bridgehead atoms. The molecule has 2 amide bonds. The van der Waals surface area contributed by atoms with E-state index in [4.69, 9.17) is 9.57 Å². The first-order valence-corrected chi connectivity index (χ1v) is 13.9. The maximum absolute atomic E-state index is 13.2. The summed E-state index contributed by atoms with van der Waals surface area (Å²) in [4.78, 5) is 48.6. The number of hydrogen-bond donors (Lipinski definition) is 2. The van der Waals surface area contributed by atoms with Gasteiger partial charge < -0.3 is 20.3 Å². The summed E-state index contributed by atoms with van der Waals surface area (Å²) in [7, 11) is 5.06. The molecule has 0 unspecified atom stereocenters. The average molecular weight is 570 g/mol. The molecule has 42 heavy (non-hydrogen) atoms. The summed E-state index contributed by atoms with van der Waals surface area (Å²) in [6, 6.07) is 21.5. The molecule has 2 heterocycles. The molecule has 0 atom stereocenters. The summed E-state index contributed by atoms with van der Waals surface area (Å²) >= 11 is 0. The number of esters is 1. The van der Waals surface area contributed by atoms with E-state index in [9.17, 15) is 14.4 Å². The van der Waals surface area contributed by atoms with Gasteiger partial charge >= 0.3 is 5.97 Å². The molecular formula is C32H35N5O5. The lowest BCUT2D eigenvalue weighted by molar-refractivity contribution is -0.111. The maximum Gasteiger partial charge on any atom is 0.337 e. The summed E-state index contributed by atoms with van der Waals surface area (Å²) in [5.74, 6) is -1.01. The molecule has 0 saturated carbocycles. The topological polar surface area (TPSA) is 103 Å². The summed E-state index contributed by atoms with van der Waals surface area (Å²) in [6.07, 6.45) is 0. The molecule has 2 aliphatic rings. The van der Waals surface area contributed by atoms with Crippen LogP contribution >= 0.6 is 0 Å². The second-order valence-corrected chi connectivity index (χ2v) is 10.3. The number of fused-ring (bicyclic) bond motifs is 1. The van der Waals surface area contributed by atoms with Crippen molar-refractivity contribution in [3.05, 3.63) is 95.1 Å². The third-order valence-corrected chi connectivity index (χ3v) is 7.47. The lowest BCUT2D eigenvalue weighted by Crippen LogP contribution is -2.46. The van der Waals surface area contributed by atoms with Gasteiger partial charge in [0.2, 0.25) is 0 Å². The van der Waals surface area contributed by atoms with E-state index in [1.165, 1.54) is 12.2 Å². The van der Waals surface area contributed by atoms with Gasteiger partial charge in [-0.05, 0) is 49.0 Å². The lowest BCUT2D eigenvalue weighted by Gasteiger charge is -2.32. The second-order valence-electron chi connectivity index (χ2n) is 10.3. The zero-order chi connectivity index (χ0) is 29.6.